The molecule has 0 radical (unpaired) electrons. The first-order valence-electron chi connectivity index (χ1n) is 25.8. The fraction of sp³-hybridized carbons (Fsp3) is 0.576. The Kier molecular flexibility index (Phi) is 48.6. The van der Waals surface area contributed by atoms with Crippen LogP contribution in [0.3, 0.4) is 0 Å². The van der Waals surface area contributed by atoms with Gasteiger partial charge >= 0.3 is 17.9 Å². The Morgan fingerprint density at radius 1 is 0.323 bits per heavy atom. The minimum Gasteiger partial charge on any atom is -0.462 e. The Morgan fingerprint density at radius 2 is 0.615 bits per heavy atom. The van der Waals surface area contributed by atoms with Crippen molar-refractivity contribution in [3.63, 3.8) is 0 Å². The second kappa shape index (κ2) is 52.2. The van der Waals surface area contributed by atoms with E-state index in [1.807, 2.05) is 54.7 Å². The lowest BCUT2D eigenvalue weighted by molar-refractivity contribution is -0.167. The van der Waals surface area contributed by atoms with Crippen molar-refractivity contribution in [1.29, 1.82) is 0 Å². The van der Waals surface area contributed by atoms with Gasteiger partial charge in [-0.05, 0) is 83.5 Å². The maximum absolute atomic E-state index is 12.8. The summed E-state index contributed by atoms with van der Waals surface area (Å²) in [7, 11) is 0. The topological polar surface area (TPSA) is 78.9 Å². The van der Waals surface area contributed by atoms with E-state index < -0.39 is 6.10 Å². The molecule has 0 saturated heterocycles. The maximum atomic E-state index is 12.8. The predicted octanol–water partition coefficient (Wildman–Crippen LogP) is 17.1. The summed E-state index contributed by atoms with van der Waals surface area (Å²) in [5.74, 6) is -1.06. The quantitative estimate of drug-likeness (QED) is 0.0262. The van der Waals surface area contributed by atoms with Gasteiger partial charge in [0, 0.05) is 19.3 Å². The highest BCUT2D eigenvalue weighted by Crippen LogP contribution is 2.12. The van der Waals surface area contributed by atoms with E-state index in [4.69, 9.17) is 14.2 Å². The molecule has 6 nitrogen and oxygen atoms in total. The third-order valence-corrected chi connectivity index (χ3v) is 10.4. The van der Waals surface area contributed by atoms with Crippen molar-refractivity contribution in [1.82, 2.24) is 0 Å². The van der Waals surface area contributed by atoms with Crippen molar-refractivity contribution in [2.24, 2.45) is 0 Å². The van der Waals surface area contributed by atoms with E-state index in [9.17, 15) is 14.4 Å². The lowest BCUT2D eigenvalue weighted by Gasteiger charge is -2.18. The molecular weight excluding hydrogens is 805 g/mol. The zero-order valence-corrected chi connectivity index (χ0v) is 41.4. The van der Waals surface area contributed by atoms with E-state index in [-0.39, 0.29) is 44.0 Å². The molecule has 0 aromatic heterocycles. The monoisotopic (exact) mass is 897 g/mol. The van der Waals surface area contributed by atoms with E-state index in [1.54, 1.807) is 0 Å². The highest BCUT2D eigenvalue weighted by atomic mass is 16.6. The molecule has 0 aromatic carbocycles. The van der Waals surface area contributed by atoms with Gasteiger partial charge in [0.2, 0.25) is 0 Å². The first-order valence-corrected chi connectivity index (χ1v) is 25.8. The standard InChI is InChI=1S/C59H92O6/c1-4-7-10-13-16-19-22-25-27-29-30-32-34-37-40-43-46-49-52-58(61)64-55-56(54-63-57(60)51-48-45-42-39-36-33-24-21-18-15-12-9-6-3)65-59(62)53-50-47-44-41-38-35-31-28-26-23-20-17-14-11-8-5-2/h9,12,15-16,18-19,21-22,24-25,27-33,35-36,38-39,42,56H,4-8,10-11,13-14,17,20,23,26,34,37,40-41,43-55H2,1-3H3/b12-9+,18-15+,19-16+,24-21+,25-22+,29-27+,31-28+,32-30+,36-33+,38-35+,42-39+. The van der Waals surface area contributed by atoms with Crippen LogP contribution < -0.4 is 0 Å². The number of rotatable bonds is 44. The molecule has 0 N–H and O–H groups in total. The Labute approximate surface area is 398 Å². The summed E-state index contributed by atoms with van der Waals surface area (Å²) < 4.78 is 16.7. The SMILES string of the molecule is CC/C=C/C=C/C=C/C=C/C=C/CCCC(=O)OCC(COC(=O)CCCCCCC/C=C/C=C/C=C/C=C/CCCCC)OC(=O)CCCCC/C=C/C=C/CCCCCCCCC. The molecule has 0 saturated carbocycles. The van der Waals surface area contributed by atoms with Crippen LogP contribution in [0.5, 0.6) is 0 Å². The summed E-state index contributed by atoms with van der Waals surface area (Å²) in [4.78, 5) is 37.9. The average Bonchev–Trinajstić information content (AvgIpc) is 3.30. The minimum absolute atomic E-state index is 0.129. The van der Waals surface area contributed by atoms with Gasteiger partial charge in [-0.1, -0.05) is 231 Å². The Bertz CT molecular complexity index is 1450. The number of unbranched alkanes of at least 4 members (excludes halogenated alkanes) is 19. The van der Waals surface area contributed by atoms with Crippen molar-refractivity contribution >= 4 is 17.9 Å². The predicted molar refractivity (Wildman–Crippen MR) is 279 cm³/mol. The van der Waals surface area contributed by atoms with Crippen LogP contribution in [0.4, 0.5) is 0 Å². The smallest absolute Gasteiger partial charge is 0.306 e. The van der Waals surface area contributed by atoms with Gasteiger partial charge in [0.25, 0.3) is 0 Å². The lowest BCUT2D eigenvalue weighted by atomic mass is 10.1. The fourth-order valence-corrected chi connectivity index (χ4v) is 6.47. The molecule has 0 spiro atoms. The van der Waals surface area contributed by atoms with E-state index >= 15 is 0 Å². The second-order valence-corrected chi connectivity index (χ2v) is 16.6. The summed E-state index contributed by atoms with van der Waals surface area (Å²) in [6.45, 7) is 6.32. The molecule has 0 heterocycles. The van der Waals surface area contributed by atoms with Crippen LogP contribution in [0, 0.1) is 0 Å². The van der Waals surface area contributed by atoms with Crippen LogP contribution in [0.1, 0.15) is 201 Å². The third-order valence-electron chi connectivity index (χ3n) is 10.4. The first-order chi connectivity index (χ1) is 32.0. The van der Waals surface area contributed by atoms with Gasteiger partial charge in [-0.2, -0.15) is 0 Å². The summed E-state index contributed by atoms with van der Waals surface area (Å²) in [5.41, 5.74) is 0. The zero-order valence-electron chi connectivity index (χ0n) is 41.4. The van der Waals surface area contributed by atoms with Crippen molar-refractivity contribution < 1.29 is 28.6 Å². The molecule has 0 aliphatic carbocycles. The number of carbonyl (C=O) groups excluding carboxylic acids is 3. The highest BCUT2D eigenvalue weighted by Gasteiger charge is 2.19. The van der Waals surface area contributed by atoms with Gasteiger partial charge in [0.1, 0.15) is 13.2 Å². The molecule has 0 aliphatic heterocycles. The van der Waals surface area contributed by atoms with Gasteiger partial charge in [0.15, 0.2) is 6.10 Å². The van der Waals surface area contributed by atoms with Gasteiger partial charge in [-0.3, -0.25) is 14.4 Å². The highest BCUT2D eigenvalue weighted by molar-refractivity contribution is 5.71. The number of ether oxygens (including phenoxy) is 3. The summed E-state index contributed by atoms with van der Waals surface area (Å²) >= 11 is 0. The molecule has 0 aliphatic rings. The fourth-order valence-electron chi connectivity index (χ4n) is 6.47. The Hall–Kier alpha value is -4.45. The number of esters is 3. The van der Waals surface area contributed by atoms with Crippen molar-refractivity contribution in [3.8, 4) is 0 Å². The van der Waals surface area contributed by atoms with Gasteiger partial charge in [-0.25, -0.2) is 0 Å². The largest absolute Gasteiger partial charge is 0.462 e. The summed E-state index contributed by atoms with van der Waals surface area (Å²) in [6, 6.07) is 0. The first kappa shape index (κ1) is 60.5. The van der Waals surface area contributed by atoms with Gasteiger partial charge in [-0.15, -0.1) is 0 Å². The molecule has 6 heteroatoms. The van der Waals surface area contributed by atoms with E-state index in [0.29, 0.717) is 19.3 Å². The summed E-state index contributed by atoms with van der Waals surface area (Å²) in [6.07, 6.45) is 72.9. The number of carbonyl (C=O) groups is 3. The van der Waals surface area contributed by atoms with E-state index in [2.05, 4.69) is 99.8 Å². The molecular formula is C59H92O6. The maximum Gasteiger partial charge on any atom is 0.306 e. The van der Waals surface area contributed by atoms with Crippen LogP contribution >= 0.6 is 0 Å². The molecule has 0 bridgehead atoms. The molecule has 0 fully saturated rings. The molecule has 0 aromatic rings. The van der Waals surface area contributed by atoms with Crippen LogP contribution in [-0.4, -0.2) is 37.2 Å². The Balaban J connectivity index is 4.60. The molecule has 1 unspecified atom stereocenters. The van der Waals surface area contributed by atoms with Crippen molar-refractivity contribution in [3.05, 3.63) is 134 Å². The normalized spacial score (nSPS) is 13.2. The van der Waals surface area contributed by atoms with Gasteiger partial charge in [0.05, 0.1) is 0 Å². The minimum atomic E-state index is -0.835. The number of allylic oxidation sites excluding steroid dienone is 22. The summed E-state index contributed by atoms with van der Waals surface area (Å²) in [5, 5.41) is 0. The number of hydrogen-bond donors (Lipinski definition) is 0. The van der Waals surface area contributed by atoms with Crippen LogP contribution in [-0.2, 0) is 28.6 Å². The Morgan fingerprint density at radius 3 is 1.06 bits per heavy atom. The molecule has 1 atom stereocenters. The van der Waals surface area contributed by atoms with Crippen LogP contribution in [0.25, 0.3) is 0 Å². The molecule has 0 amide bonds. The van der Waals surface area contributed by atoms with Crippen molar-refractivity contribution in [2.75, 3.05) is 13.2 Å². The molecule has 0 rings (SSSR count). The van der Waals surface area contributed by atoms with Gasteiger partial charge < -0.3 is 14.2 Å². The average molecular weight is 897 g/mol. The third kappa shape index (κ3) is 50.4. The molecule has 65 heavy (non-hydrogen) atoms. The van der Waals surface area contributed by atoms with Crippen LogP contribution in [0.15, 0.2) is 134 Å². The van der Waals surface area contributed by atoms with E-state index in [0.717, 1.165) is 83.5 Å². The molecule has 364 valence electrons. The zero-order chi connectivity index (χ0) is 47.2. The number of hydrogen-bond acceptors (Lipinski definition) is 6. The lowest BCUT2D eigenvalue weighted by Crippen LogP contribution is -2.30. The van der Waals surface area contributed by atoms with Crippen LogP contribution in [0.2, 0.25) is 0 Å². The van der Waals surface area contributed by atoms with Crippen molar-refractivity contribution in [2.45, 2.75) is 207 Å². The van der Waals surface area contributed by atoms with E-state index in [1.165, 1.54) is 64.2 Å². The second-order valence-electron chi connectivity index (χ2n) is 16.6.